The quantitative estimate of drug-likeness (QED) is 0.755. The lowest BCUT2D eigenvalue weighted by molar-refractivity contribution is -0.180. The second kappa shape index (κ2) is 6.86. The fourth-order valence-electron chi connectivity index (χ4n) is 7.15. The van der Waals surface area contributed by atoms with Crippen LogP contribution in [0.25, 0.3) is 0 Å². The van der Waals surface area contributed by atoms with E-state index in [0.29, 0.717) is 12.8 Å². The summed E-state index contributed by atoms with van der Waals surface area (Å²) in [6.07, 6.45) is 7.98. The Kier molecular flexibility index (Phi) is 4.96. The van der Waals surface area contributed by atoms with Gasteiger partial charge in [-0.05, 0) is 69.9 Å². The van der Waals surface area contributed by atoms with Crippen LogP contribution in [0.15, 0.2) is 23.8 Å². The maximum Gasteiger partial charge on any atom is 0.190 e. The molecule has 7 atom stereocenters. The van der Waals surface area contributed by atoms with E-state index in [1.54, 1.807) is 12.2 Å². The lowest BCUT2D eigenvalue weighted by Gasteiger charge is -2.59. The number of hydrogen-bond acceptors (Lipinski definition) is 5. The van der Waals surface area contributed by atoms with Gasteiger partial charge in [-0.3, -0.25) is 9.59 Å². The Bertz CT molecular complexity index is 782. The highest BCUT2D eigenvalue weighted by atomic mass is 16.5. The molecular formula is C24H34O5. The SMILES string of the molecule is CC(C)OCC(=O)[C@@]1(O)CC[C@H]2[C@@H]3CCC4=CC(=O)C=C[C@]4(C)[C@H]3[C@@H](O)C[C@@]21C. The van der Waals surface area contributed by atoms with Crippen LogP contribution in [0.1, 0.15) is 59.8 Å². The molecule has 0 saturated heterocycles. The van der Waals surface area contributed by atoms with Gasteiger partial charge in [-0.1, -0.05) is 25.5 Å². The zero-order chi connectivity index (χ0) is 21.2. The van der Waals surface area contributed by atoms with Crippen LogP contribution in [-0.4, -0.2) is 46.2 Å². The average molecular weight is 403 g/mol. The smallest absolute Gasteiger partial charge is 0.190 e. The third kappa shape index (κ3) is 2.92. The maximum atomic E-state index is 13.0. The topological polar surface area (TPSA) is 83.8 Å². The summed E-state index contributed by atoms with van der Waals surface area (Å²) in [4.78, 5) is 24.9. The van der Waals surface area contributed by atoms with E-state index in [0.717, 1.165) is 24.8 Å². The van der Waals surface area contributed by atoms with Crippen molar-refractivity contribution < 1.29 is 24.5 Å². The van der Waals surface area contributed by atoms with Crippen LogP contribution in [0.3, 0.4) is 0 Å². The van der Waals surface area contributed by atoms with E-state index >= 15 is 0 Å². The molecule has 0 aromatic rings. The van der Waals surface area contributed by atoms with Crippen LogP contribution >= 0.6 is 0 Å². The lowest BCUT2D eigenvalue weighted by Crippen LogP contribution is -2.61. The van der Waals surface area contributed by atoms with Gasteiger partial charge in [-0.25, -0.2) is 0 Å². The summed E-state index contributed by atoms with van der Waals surface area (Å²) in [5, 5.41) is 22.9. The highest BCUT2D eigenvalue weighted by Crippen LogP contribution is 2.67. The molecule has 2 N–H and O–H groups in total. The third-order valence-electron chi connectivity index (χ3n) is 8.66. The molecule has 4 aliphatic carbocycles. The van der Waals surface area contributed by atoms with Crippen molar-refractivity contribution in [2.45, 2.75) is 77.6 Å². The number of aliphatic hydroxyl groups is 2. The lowest BCUT2D eigenvalue weighted by atomic mass is 9.46. The molecule has 0 aromatic heterocycles. The second-order valence-corrected chi connectivity index (χ2v) is 10.4. The van der Waals surface area contributed by atoms with Gasteiger partial charge in [-0.15, -0.1) is 0 Å². The van der Waals surface area contributed by atoms with Gasteiger partial charge in [0.25, 0.3) is 0 Å². The van der Waals surface area contributed by atoms with Gasteiger partial charge in [0.15, 0.2) is 11.6 Å². The number of ether oxygens (including phenoxy) is 1. The molecule has 5 nitrogen and oxygen atoms in total. The van der Waals surface area contributed by atoms with Gasteiger partial charge < -0.3 is 14.9 Å². The van der Waals surface area contributed by atoms with E-state index in [1.807, 2.05) is 26.8 Å². The predicted molar refractivity (Wildman–Crippen MR) is 109 cm³/mol. The first-order chi connectivity index (χ1) is 13.5. The van der Waals surface area contributed by atoms with Gasteiger partial charge >= 0.3 is 0 Å². The van der Waals surface area contributed by atoms with Crippen molar-refractivity contribution >= 4 is 11.6 Å². The molecule has 3 saturated carbocycles. The molecule has 29 heavy (non-hydrogen) atoms. The number of carbonyl (C=O) groups excluding carboxylic acids is 2. The van der Waals surface area contributed by atoms with Gasteiger partial charge in [0.1, 0.15) is 12.2 Å². The highest BCUT2D eigenvalue weighted by molar-refractivity contribution is 6.01. The summed E-state index contributed by atoms with van der Waals surface area (Å²) in [6, 6.07) is 0. The summed E-state index contributed by atoms with van der Waals surface area (Å²) in [5.41, 5.74) is -1.32. The first-order valence-corrected chi connectivity index (χ1v) is 11.0. The number of hydrogen-bond donors (Lipinski definition) is 2. The van der Waals surface area contributed by atoms with Crippen molar-refractivity contribution in [1.82, 2.24) is 0 Å². The predicted octanol–water partition coefficient (Wildman–Crippen LogP) is 2.99. The van der Waals surface area contributed by atoms with Gasteiger partial charge in [-0.2, -0.15) is 0 Å². The number of rotatable bonds is 4. The van der Waals surface area contributed by atoms with Crippen LogP contribution in [0.2, 0.25) is 0 Å². The Balaban J connectivity index is 1.66. The van der Waals surface area contributed by atoms with E-state index in [1.165, 1.54) is 0 Å². The molecule has 0 aliphatic heterocycles. The van der Waals surface area contributed by atoms with Crippen molar-refractivity contribution in [2.24, 2.45) is 28.6 Å². The molecule has 0 radical (unpaired) electrons. The zero-order valence-electron chi connectivity index (χ0n) is 18.0. The minimum Gasteiger partial charge on any atom is -0.393 e. The molecule has 4 rings (SSSR count). The van der Waals surface area contributed by atoms with Crippen LogP contribution in [-0.2, 0) is 14.3 Å². The first kappa shape index (κ1) is 21.0. The Morgan fingerprint density at radius 3 is 2.72 bits per heavy atom. The monoisotopic (exact) mass is 402 g/mol. The minimum atomic E-state index is -1.45. The standard InChI is InChI=1S/C24H34O5/c1-14(2)29-13-20(27)24(28)10-8-18-17-6-5-15-11-16(25)7-9-22(15,3)21(17)19(26)12-23(18,24)4/h7,9,11,14,17-19,21,26,28H,5-6,8,10,12-13H2,1-4H3/t17-,18-,19-,21+,22-,23-,24-/m0/s1. The second-order valence-electron chi connectivity index (χ2n) is 10.4. The van der Waals surface area contributed by atoms with Crippen LogP contribution in [0.4, 0.5) is 0 Å². The Morgan fingerprint density at radius 1 is 1.31 bits per heavy atom. The number of Topliss-reactive ketones (excluding diaryl/α,β-unsaturated/α-hetero) is 1. The van der Waals surface area contributed by atoms with Gasteiger partial charge in [0.2, 0.25) is 0 Å². The number of aliphatic hydroxyl groups excluding tert-OH is 1. The van der Waals surface area contributed by atoms with Crippen molar-refractivity contribution in [3.8, 4) is 0 Å². The van der Waals surface area contributed by atoms with Crippen LogP contribution in [0.5, 0.6) is 0 Å². The number of fused-ring (bicyclic) bond motifs is 5. The molecule has 160 valence electrons. The molecule has 5 heteroatoms. The summed E-state index contributed by atoms with van der Waals surface area (Å²) in [6.45, 7) is 7.79. The Labute approximate surface area is 173 Å². The van der Waals surface area contributed by atoms with Crippen molar-refractivity contribution in [3.63, 3.8) is 0 Å². The zero-order valence-corrected chi connectivity index (χ0v) is 18.0. The van der Waals surface area contributed by atoms with Crippen LogP contribution in [0, 0.1) is 28.6 Å². The van der Waals surface area contributed by atoms with E-state index < -0.39 is 17.1 Å². The summed E-state index contributed by atoms with van der Waals surface area (Å²) in [5.74, 6) is 0.170. The highest BCUT2D eigenvalue weighted by Gasteiger charge is 2.68. The summed E-state index contributed by atoms with van der Waals surface area (Å²) in [7, 11) is 0. The van der Waals surface area contributed by atoms with Crippen molar-refractivity contribution in [3.05, 3.63) is 23.8 Å². The van der Waals surface area contributed by atoms with Gasteiger partial charge in [0, 0.05) is 16.7 Å². The largest absolute Gasteiger partial charge is 0.393 e. The maximum absolute atomic E-state index is 13.0. The molecule has 3 fully saturated rings. The van der Waals surface area contributed by atoms with Crippen molar-refractivity contribution in [2.75, 3.05) is 6.61 Å². The fourth-order valence-corrected chi connectivity index (χ4v) is 7.15. The molecule has 4 aliphatic rings. The number of ketones is 2. The molecule has 0 amide bonds. The summed E-state index contributed by atoms with van der Waals surface area (Å²) >= 11 is 0. The molecule has 0 bridgehead atoms. The summed E-state index contributed by atoms with van der Waals surface area (Å²) < 4.78 is 5.52. The van der Waals surface area contributed by atoms with E-state index in [4.69, 9.17) is 4.74 Å². The fraction of sp³-hybridized carbons (Fsp3) is 0.750. The average Bonchev–Trinajstić information content (AvgIpc) is 2.91. The van der Waals surface area contributed by atoms with E-state index in [2.05, 4.69) is 6.92 Å². The van der Waals surface area contributed by atoms with E-state index in [-0.39, 0.29) is 47.4 Å². The van der Waals surface area contributed by atoms with Crippen molar-refractivity contribution in [1.29, 1.82) is 0 Å². The van der Waals surface area contributed by atoms with Crippen LogP contribution < -0.4 is 0 Å². The van der Waals surface area contributed by atoms with E-state index in [9.17, 15) is 19.8 Å². The Morgan fingerprint density at radius 2 is 2.03 bits per heavy atom. The Hall–Kier alpha value is -1.30. The minimum absolute atomic E-state index is 0.00860. The number of carbonyl (C=O) groups is 2. The number of allylic oxidation sites excluding steroid dienone is 4. The molecule has 0 heterocycles. The van der Waals surface area contributed by atoms with Gasteiger partial charge in [0.05, 0.1) is 12.2 Å². The molecule has 0 spiro atoms. The molecule has 0 aromatic carbocycles. The first-order valence-electron chi connectivity index (χ1n) is 11.0. The third-order valence-corrected chi connectivity index (χ3v) is 8.66. The molecular weight excluding hydrogens is 368 g/mol. The molecule has 0 unspecified atom stereocenters. The normalized spacial score (nSPS) is 46.2.